The minimum Gasteiger partial charge on any atom is -0.492 e. The Hall–Kier alpha value is -1.09. The van der Waals surface area contributed by atoms with Crippen molar-refractivity contribution in [3.63, 3.8) is 0 Å². The summed E-state index contributed by atoms with van der Waals surface area (Å²) in [7, 11) is 0. The number of hydrogen-bond acceptors (Lipinski definition) is 3. The molecule has 0 fully saturated rings. The van der Waals surface area contributed by atoms with Gasteiger partial charge in [0.15, 0.2) is 0 Å². The highest BCUT2D eigenvalue weighted by molar-refractivity contribution is 5.19. The molecule has 0 amide bonds. The summed E-state index contributed by atoms with van der Waals surface area (Å²) in [5.74, 6) is 1.43. The topological polar surface area (TPSA) is 48.1 Å². The fourth-order valence-electron chi connectivity index (χ4n) is 1.15. The molecule has 0 aromatic carbocycles. The van der Waals surface area contributed by atoms with Crippen LogP contribution >= 0.6 is 0 Å². The van der Waals surface area contributed by atoms with E-state index in [9.17, 15) is 0 Å². The molecule has 0 aliphatic heterocycles. The van der Waals surface area contributed by atoms with Gasteiger partial charge in [0.25, 0.3) is 0 Å². The predicted octanol–water partition coefficient (Wildman–Crippen LogP) is 2.01. The standard InChI is InChI=1S/C12H20N2O/c1-3-10(2)9-15-12-5-4-11(6-7-13)14-8-12/h4-5,8,10H,3,6-7,9,13H2,1-2H3. The van der Waals surface area contributed by atoms with Crippen LogP contribution in [-0.4, -0.2) is 18.1 Å². The Morgan fingerprint density at radius 3 is 2.80 bits per heavy atom. The lowest BCUT2D eigenvalue weighted by atomic mass is 10.1. The van der Waals surface area contributed by atoms with Gasteiger partial charge in [-0.15, -0.1) is 0 Å². The number of hydrogen-bond donors (Lipinski definition) is 1. The Balaban J connectivity index is 2.42. The molecule has 0 radical (unpaired) electrons. The van der Waals surface area contributed by atoms with Crippen LogP contribution in [0.15, 0.2) is 18.3 Å². The van der Waals surface area contributed by atoms with Crippen LogP contribution in [0.4, 0.5) is 0 Å². The van der Waals surface area contributed by atoms with Crippen LogP contribution in [0.1, 0.15) is 26.0 Å². The van der Waals surface area contributed by atoms with Crippen molar-refractivity contribution in [3.8, 4) is 5.75 Å². The second-order valence-electron chi connectivity index (χ2n) is 3.85. The number of nitrogens with two attached hydrogens (primary N) is 1. The molecule has 0 spiro atoms. The second-order valence-corrected chi connectivity index (χ2v) is 3.85. The third-order valence-electron chi connectivity index (χ3n) is 2.43. The van der Waals surface area contributed by atoms with Gasteiger partial charge in [0, 0.05) is 12.1 Å². The Morgan fingerprint density at radius 2 is 2.27 bits per heavy atom. The summed E-state index contributed by atoms with van der Waals surface area (Å²) in [6.45, 7) is 5.74. The van der Waals surface area contributed by atoms with Gasteiger partial charge in [0.05, 0.1) is 12.8 Å². The minimum absolute atomic E-state index is 0.591. The van der Waals surface area contributed by atoms with E-state index in [2.05, 4.69) is 18.8 Å². The highest BCUT2D eigenvalue weighted by atomic mass is 16.5. The zero-order valence-electron chi connectivity index (χ0n) is 9.57. The highest BCUT2D eigenvalue weighted by Crippen LogP contribution is 2.11. The lowest BCUT2D eigenvalue weighted by Crippen LogP contribution is -2.08. The molecule has 2 N–H and O–H groups in total. The van der Waals surface area contributed by atoms with E-state index < -0.39 is 0 Å². The normalized spacial score (nSPS) is 12.5. The molecule has 0 aliphatic rings. The van der Waals surface area contributed by atoms with Gasteiger partial charge in [0.1, 0.15) is 5.75 Å². The van der Waals surface area contributed by atoms with Crippen molar-refractivity contribution in [2.45, 2.75) is 26.7 Å². The van der Waals surface area contributed by atoms with Gasteiger partial charge in [0.2, 0.25) is 0 Å². The number of nitrogens with zero attached hydrogens (tertiary/aromatic N) is 1. The molecule has 3 nitrogen and oxygen atoms in total. The summed E-state index contributed by atoms with van der Waals surface area (Å²) in [4.78, 5) is 4.27. The summed E-state index contributed by atoms with van der Waals surface area (Å²) in [6, 6.07) is 3.93. The van der Waals surface area contributed by atoms with Crippen LogP contribution in [0, 0.1) is 5.92 Å². The summed E-state index contributed by atoms with van der Waals surface area (Å²) in [5, 5.41) is 0. The van der Waals surface area contributed by atoms with Crippen LogP contribution in [0.2, 0.25) is 0 Å². The van der Waals surface area contributed by atoms with E-state index in [1.54, 1.807) is 6.20 Å². The molecule has 0 aliphatic carbocycles. The third-order valence-corrected chi connectivity index (χ3v) is 2.43. The molecule has 1 aromatic rings. The van der Waals surface area contributed by atoms with Gasteiger partial charge in [-0.05, 0) is 24.6 Å². The van der Waals surface area contributed by atoms with E-state index >= 15 is 0 Å². The quantitative estimate of drug-likeness (QED) is 0.778. The van der Waals surface area contributed by atoms with Crippen molar-refractivity contribution in [1.82, 2.24) is 4.98 Å². The van der Waals surface area contributed by atoms with Crippen LogP contribution in [0.3, 0.4) is 0 Å². The van der Waals surface area contributed by atoms with Gasteiger partial charge < -0.3 is 10.5 Å². The van der Waals surface area contributed by atoms with Crippen molar-refractivity contribution in [2.75, 3.05) is 13.2 Å². The number of rotatable bonds is 6. The molecule has 1 aromatic heterocycles. The monoisotopic (exact) mass is 208 g/mol. The van der Waals surface area contributed by atoms with E-state index in [0.29, 0.717) is 12.5 Å². The second kappa shape index (κ2) is 6.40. The lowest BCUT2D eigenvalue weighted by molar-refractivity contribution is 0.255. The molecule has 1 heterocycles. The van der Waals surface area contributed by atoms with Gasteiger partial charge in [-0.1, -0.05) is 20.3 Å². The van der Waals surface area contributed by atoms with E-state index in [1.165, 1.54) is 0 Å². The SMILES string of the molecule is CCC(C)COc1ccc(CCN)nc1. The minimum atomic E-state index is 0.591. The first-order valence-electron chi connectivity index (χ1n) is 5.54. The third kappa shape index (κ3) is 4.30. The highest BCUT2D eigenvalue weighted by Gasteiger charge is 2.00. The maximum atomic E-state index is 5.60. The van der Waals surface area contributed by atoms with Crippen LogP contribution in [0.25, 0.3) is 0 Å². The Labute approximate surface area is 91.7 Å². The zero-order valence-corrected chi connectivity index (χ0v) is 9.57. The van der Waals surface area contributed by atoms with Gasteiger partial charge in [-0.2, -0.15) is 0 Å². The van der Waals surface area contributed by atoms with Crippen LogP contribution in [0.5, 0.6) is 5.75 Å². The maximum Gasteiger partial charge on any atom is 0.137 e. The van der Waals surface area contributed by atoms with Crippen molar-refractivity contribution < 1.29 is 4.74 Å². The first-order valence-corrected chi connectivity index (χ1v) is 5.54. The molecule has 1 atom stereocenters. The molecule has 84 valence electrons. The maximum absolute atomic E-state index is 5.60. The van der Waals surface area contributed by atoms with Gasteiger partial charge in [-0.25, -0.2) is 0 Å². The predicted molar refractivity (Wildman–Crippen MR) is 61.9 cm³/mol. The summed E-state index contributed by atoms with van der Waals surface area (Å²) in [5.41, 5.74) is 6.47. The molecule has 0 saturated carbocycles. The number of pyridine rings is 1. The molecular weight excluding hydrogens is 188 g/mol. The van der Waals surface area contributed by atoms with E-state index in [4.69, 9.17) is 10.5 Å². The van der Waals surface area contributed by atoms with E-state index in [-0.39, 0.29) is 0 Å². The largest absolute Gasteiger partial charge is 0.492 e. The molecule has 1 unspecified atom stereocenters. The molecular formula is C12H20N2O. The molecule has 15 heavy (non-hydrogen) atoms. The fraction of sp³-hybridized carbons (Fsp3) is 0.583. The smallest absolute Gasteiger partial charge is 0.137 e. The summed E-state index contributed by atoms with van der Waals surface area (Å²) < 4.78 is 5.60. The molecule has 0 bridgehead atoms. The number of aromatic nitrogens is 1. The fourth-order valence-corrected chi connectivity index (χ4v) is 1.15. The van der Waals surface area contributed by atoms with Crippen LogP contribution in [-0.2, 0) is 6.42 Å². The lowest BCUT2D eigenvalue weighted by Gasteiger charge is -2.10. The Kier molecular flexibility index (Phi) is 5.12. The first kappa shape index (κ1) is 12.0. The Morgan fingerprint density at radius 1 is 1.47 bits per heavy atom. The molecule has 3 heteroatoms. The summed E-state index contributed by atoms with van der Waals surface area (Å²) in [6.07, 6.45) is 3.73. The van der Waals surface area contributed by atoms with Crippen LogP contribution < -0.4 is 10.5 Å². The van der Waals surface area contributed by atoms with Gasteiger partial charge >= 0.3 is 0 Å². The number of ether oxygens (including phenoxy) is 1. The van der Waals surface area contributed by atoms with E-state index in [1.807, 2.05) is 12.1 Å². The first-order chi connectivity index (χ1) is 7.26. The van der Waals surface area contributed by atoms with E-state index in [0.717, 1.165) is 30.9 Å². The van der Waals surface area contributed by atoms with Crippen molar-refractivity contribution in [2.24, 2.45) is 11.7 Å². The zero-order chi connectivity index (χ0) is 11.1. The average molecular weight is 208 g/mol. The molecule has 0 saturated heterocycles. The van der Waals surface area contributed by atoms with Gasteiger partial charge in [-0.3, -0.25) is 4.98 Å². The molecule has 1 rings (SSSR count). The average Bonchev–Trinajstić information content (AvgIpc) is 2.28. The van der Waals surface area contributed by atoms with Crippen molar-refractivity contribution >= 4 is 0 Å². The Bertz CT molecular complexity index is 271. The summed E-state index contributed by atoms with van der Waals surface area (Å²) >= 11 is 0. The van der Waals surface area contributed by atoms with Crippen molar-refractivity contribution in [1.29, 1.82) is 0 Å². The van der Waals surface area contributed by atoms with Crippen molar-refractivity contribution in [3.05, 3.63) is 24.0 Å².